The number of sulfone groups is 1. The largest absolute Gasteiger partial charge is 0.501 e. The molecule has 1 aromatic carbocycles. The third-order valence-electron chi connectivity index (χ3n) is 3.27. The molecule has 1 heterocycles. The van der Waals surface area contributed by atoms with Gasteiger partial charge in [-0.25, -0.2) is 13.2 Å². The number of nitrogens with zero attached hydrogens (tertiary/aromatic N) is 1. The van der Waals surface area contributed by atoms with Gasteiger partial charge in [0.2, 0.25) is 0 Å². The first-order valence-corrected chi connectivity index (χ1v) is 8.67. The molecule has 0 fully saturated rings. The van der Waals surface area contributed by atoms with Gasteiger partial charge in [-0.1, -0.05) is 6.07 Å². The van der Waals surface area contributed by atoms with E-state index in [1.54, 1.807) is 18.5 Å². The standard InChI is InChI=1S/C16H14F3NO4S/c17-16(18,19)25(22,23)14-7-5-13(6-8-14)15(21)24-10-2-4-12-3-1-9-20-11-12/h1,3,5-9,11H,2,4,10H2. The molecule has 0 saturated heterocycles. The van der Waals surface area contributed by atoms with Crippen molar-refractivity contribution in [3.8, 4) is 0 Å². The summed E-state index contributed by atoms with van der Waals surface area (Å²) in [7, 11) is -5.43. The van der Waals surface area contributed by atoms with Crippen LogP contribution in [0.5, 0.6) is 0 Å². The highest BCUT2D eigenvalue weighted by atomic mass is 32.2. The lowest BCUT2D eigenvalue weighted by atomic mass is 10.2. The van der Waals surface area contributed by atoms with Gasteiger partial charge in [0, 0.05) is 12.4 Å². The number of aryl methyl sites for hydroxylation is 1. The number of pyridine rings is 1. The van der Waals surface area contributed by atoms with Crippen LogP contribution < -0.4 is 0 Å². The summed E-state index contributed by atoms with van der Waals surface area (Å²) in [4.78, 5) is 14.8. The van der Waals surface area contributed by atoms with E-state index in [0.29, 0.717) is 12.8 Å². The van der Waals surface area contributed by atoms with Crippen LogP contribution in [0.15, 0.2) is 53.7 Å². The molecule has 0 N–H and O–H groups in total. The first-order valence-electron chi connectivity index (χ1n) is 7.19. The van der Waals surface area contributed by atoms with E-state index in [4.69, 9.17) is 4.74 Å². The monoisotopic (exact) mass is 373 g/mol. The average molecular weight is 373 g/mol. The summed E-state index contributed by atoms with van der Waals surface area (Å²) in [5.41, 5.74) is -4.43. The predicted molar refractivity (Wildman–Crippen MR) is 82.5 cm³/mol. The number of ether oxygens (including phenoxy) is 1. The molecule has 0 atom stereocenters. The molecule has 25 heavy (non-hydrogen) atoms. The molecular weight excluding hydrogens is 359 g/mol. The fourth-order valence-electron chi connectivity index (χ4n) is 1.97. The third kappa shape index (κ3) is 4.79. The minimum Gasteiger partial charge on any atom is -0.462 e. The zero-order chi connectivity index (χ0) is 18.5. The molecule has 1 aromatic heterocycles. The average Bonchev–Trinajstić information content (AvgIpc) is 2.58. The van der Waals surface area contributed by atoms with Gasteiger partial charge in [0.25, 0.3) is 9.84 Å². The number of rotatable bonds is 6. The molecular formula is C16H14F3NO4S. The quantitative estimate of drug-likeness (QED) is 0.574. The Morgan fingerprint density at radius 2 is 1.80 bits per heavy atom. The van der Waals surface area contributed by atoms with Gasteiger partial charge >= 0.3 is 11.5 Å². The Hall–Kier alpha value is -2.42. The normalized spacial score (nSPS) is 12.0. The summed E-state index contributed by atoms with van der Waals surface area (Å²) in [5, 5.41) is 0. The number of esters is 1. The second kappa shape index (κ2) is 7.64. The predicted octanol–water partition coefficient (Wildman–Crippen LogP) is 3.16. The van der Waals surface area contributed by atoms with Crippen molar-refractivity contribution >= 4 is 15.8 Å². The number of carbonyl (C=O) groups excluding carboxylic acids is 1. The van der Waals surface area contributed by atoms with Gasteiger partial charge in [0.05, 0.1) is 17.1 Å². The minimum atomic E-state index is -5.43. The molecule has 2 aromatic rings. The van der Waals surface area contributed by atoms with E-state index in [1.165, 1.54) is 0 Å². The van der Waals surface area contributed by atoms with E-state index in [1.807, 2.05) is 6.07 Å². The Balaban J connectivity index is 1.90. The topological polar surface area (TPSA) is 73.3 Å². The highest BCUT2D eigenvalue weighted by Crippen LogP contribution is 2.30. The van der Waals surface area contributed by atoms with Gasteiger partial charge in [-0.15, -0.1) is 0 Å². The first-order chi connectivity index (χ1) is 11.7. The molecule has 0 aliphatic heterocycles. The van der Waals surface area contributed by atoms with Crippen LogP contribution in [0.4, 0.5) is 13.2 Å². The molecule has 0 unspecified atom stereocenters. The van der Waals surface area contributed by atoms with Crippen LogP contribution in [-0.4, -0.2) is 31.5 Å². The van der Waals surface area contributed by atoms with E-state index < -0.39 is 26.2 Å². The minimum absolute atomic E-state index is 0.0255. The van der Waals surface area contributed by atoms with Crippen LogP contribution in [0.3, 0.4) is 0 Å². The summed E-state index contributed by atoms with van der Waals surface area (Å²) in [5.74, 6) is -0.734. The molecule has 134 valence electrons. The highest BCUT2D eigenvalue weighted by molar-refractivity contribution is 7.92. The molecule has 0 aliphatic carbocycles. The highest BCUT2D eigenvalue weighted by Gasteiger charge is 2.46. The number of hydrogen-bond acceptors (Lipinski definition) is 5. The van der Waals surface area contributed by atoms with E-state index in [2.05, 4.69) is 4.98 Å². The van der Waals surface area contributed by atoms with Crippen LogP contribution in [0.2, 0.25) is 0 Å². The van der Waals surface area contributed by atoms with Crippen molar-refractivity contribution in [3.05, 3.63) is 59.9 Å². The molecule has 0 radical (unpaired) electrons. The zero-order valence-electron chi connectivity index (χ0n) is 12.9. The fourth-order valence-corrected chi connectivity index (χ4v) is 2.74. The second-order valence-corrected chi connectivity index (χ2v) is 7.02. The van der Waals surface area contributed by atoms with E-state index >= 15 is 0 Å². The lowest BCUT2D eigenvalue weighted by Gasteiger charge is -2.09. The van der Waals surface area contributed by atoms with Crippen LogP contribution in [0.25, 0.3) is 0 Å². The van der Waals surface area contributed by atoms with Gasteiger partial charge < -0.3 is 4.74 Å². The number of aromatic nitrogens is 1. The van der Waals surface area contributed by atoms with Gasteiger partial charge in [-0.05, 0) is 48.7 Å². The van der Waals surface area contributed by atoms with Crippen molar-refractivity contribution in [3.63, 3.8) is 0 Å². The Labute approximate surface area is 142 Å². The first kappa shape index (κ1) is 18.9. The van der Waals surface area contributed by atoms with Gasteiger partial charge in [0.1, 0.15) is 0 Å². The van der Waals surface area contributed by atoms with Crippen molar-refractivity contribution in [2.45, 2.75) is 23.2 Å². The van der Waals surface area contributed by atoms with Crippen LogP contribution in [0, 0.1) is 0 Å². The van der Waals surface area contributed by atoms with Crippen LogP contribution in [0.1, 0.15) is 22.3 Å². The Bertz CT molecular complexity index is 819. The van der Waals surface area contributed by atoms with E-state index in [9.17, 15) is 26.4 Å². The lowest BCUT2D eigenvalue weighted by Crippen LogP contribution is -2.23. The maximum atomic E-state index is 12.4. The van der Waals surface area contributed by atoms with Crippen molar-refractivity contribution in [2.24, 2.45) is 0 Å². The molecule has 0 amide bonds. The number of halogens is 3. The number of alkyl halides is 3. The molecule has 2 rings (SSSR count). The van der Waals surface area contributed by atoms with Crippen molar-refractivity contribution in [1.29, 1.82) is 0 Å². The van der Waals surface area contributed by atoms with Gasteiger partial charge in [-0.3, -0.25) is 4.98 Å². The Kier molecular flexibility index (Phi) is 5.78. The molecule has 0 spiro atoms. The van der Waals surface area contributed by atoms with Crippen molar-refractivity contribution in [2.75, 3.05) is 6.61 Å². The van der Waals surface area contributed by atoms with E-state index in [0.717, 1.165) is 29.8 Å². The molecule has 5 nitrogen and oxygen atoms in total. The molecule has 0 aliphatic rings. The van der Waals surface area contributed by atoms with Crippen molar-refractivity contribution in [1.82, 2.24) is 4.98 Å². The summed E-state index contributed by atoms with van der Waals surface area (Å²) < 4.78 is 64.8. The number of carbonyl (C=O) groups is 1. The van der Waals surface area contributed by atoms with Gasteiger partial charge in [-0.2, -0.15) is 13.2 Å². The second-order valence-electron chi connectivity index (χ2n) is 5.07. The maximum Gasteiger partial charge on any atom is 0.501 e. The zero-order valence-corrected chi connectivity index (χ0v) is 13.7. The summed E-state index contributed by atoms with van der Waals surface area (Å²) in [6, 6.07) is 7.11. The molecule has 0 saturated carbocycles. The smallest absolute Gasteiger partial charge is 0.462 e. The number of benzene rings is 1. The van der Waals surface area contributed by atoms with Gasteiger partial charge in [0.15, 0.2) is 0 Å². The van der Waals surface area contributed by atoms with Crippen LogP contribution in [-0.2, 0) is 21.0 Å². The Morgan fingerprint density at radius 1 is 1.12 bits per heavy atom. The fraction of sp³-hybridized carbons (Fsp3) is 0.250. The lowest BCUT2D eigenvalue weighted by molar-refractivity contribution is -0.0436. The third-order valence-corrected chi connectivity index (χ3v) is 4.77. The van der Waals surface area contributed by atoms with Crippen molar-refractivity contribution < 1.29 is 31.1 Å². The molecule has 9 heteroatoms. The maximum absolute atomic E-state index is 12.4. The summed E-state index contributed by atoms with van der Waals surface area (Å²) in [6.07, 6.45) is 4.55. The van der Waals surface area contributed by atoms with Crippen LogP contribution >= 0.6 is 0 Å². The number of hydrogen-bond donors (Lipinski definition) is 0. The Morgan fingerprint density at radius 3 is 2.36 bits per heavy atom. The molecule has 0 bridgehead atoms. The summed E-state index contributed by atoms with van der Waals surface area (Å²) >= 11 is 0. The SMILES string of the molecule is O=C(OCCCc1cccnc1)c1ccc(S(=O)(=O)C(F)(F)F)cc1. The summed E-state index contributed by atoms with van der Waals surface area (Å²) in [6.45, 7) is 0.121. The van der Waals surface area contributed by atoms with E-state index in [-0.39, 0.29) is 12.2 Å².